The smallest absolute Gasteiger partial charge is 0.251 e. The summed E-state index contributed by atoms with van der Waals surface area (Å²) < 4.78 is 5.10. The van der Waals surface area contributed by atoms with Crippen LogP contribution in [0.2, 0.25) is 0 Å². The number of methoxy groups -OCH3 is 1. The van der Waals surface area contributed by atoms with Gasteiger partial charge in [-0.2, -0.15) is 0 Å². The highest BCUT2D eigenvalue weighted by Gasteiger charge is 2.07. The van der Waals surface area contributed by atoms with Crippen molar-refractivity contribution in [2.24, 2.45) is 0 Å². The second kappa shape index (κ2) is 5.66. The van der Waals surface area contributed by atoms with Gasteiger partial charge in [-0.3, -0.25) is 4.79 Å². The van der Waals surface area contributed by atoms with Crippen LogP contribution in [0, 0.1) is 0 Å². The lowest BCUT2D eigenvalue weighted by Crippen LogP contribution is -2.22. The number of H-pyrrole nitrogens is 1. The number of carbonyl (C=O) groups excluding carboxylic acids is 1. The van der Waals surface area contributed by atoms with Crippen molar-refractivity contribution in [3.05, 3.63) is 59.9 Å². The summed E-state index contributed by atoms with van der Waals surface area (Å²) in [6.45, 7) is 0.476. The molecule has 0 fully saturated rings. The Morgan fingerprint density at radius 3 is 2.81 bits per heavy atom. The molecule has 0 spiro atoms. The van der Waals surface area contributed by atoms with Crippen LogP contribution in [0.3, 0.4) is 0 Å². The summed E-state index contributed by atoms with van der Waals surface area (Å²) in [6.07, 6.45) is 1.61. The van der Waals surface area contributed by atoms with Gasteiger partial charge < -0.3 is 15.0 Å². The maximum atomic E-state index is 12.1. The fourth-order valence-electron chi connectivity index (χ4n) is 2.10. The van der Waals surface area contributed by atoms with E-state index in [0.717, 1.165) is 22.3 Å². The number of nitrogens with zero attached hydrogens (tertiary/aromatic N) is 1. The van der Waals surface area contributed by atoms with Gasteiger partial charge in [0.05, 0.1) is 24.5 Å². The number of amides is 1. The largest absolute Gasteiger partial charge is 0.497 e. The van der Waals surface area contributed by atoms with Crippen LogP contribution in [0.5, 0.6) is 5.75 Å². The highest BCUT2D eigenvalue weighted by molar-refractivity contribution is 5.97. The zero-order valence-electron chi connectivity index (χ0n) is 11.6. The first kappa shape index (κ1) is 13.2. The van der Waals surface area contributed by atoms with Crippen LogP contribution in [0.1, 0.15) is 15.9 Å². The zero-order valence-corrected chi connectivity index (χ0v) is 11.6. The first-order valence-electron chi connectivity index (χ1n) is 6.60. The number of nitrogens with one attached hydrogen (secondary N) is 2. The van der Waals surface area contributed by atoms with Gasteiger partial charge in [-0.05, 0) is 35.9 Å². The molecule has 0 saturated heterocycles. The Morgan fingerprint density at radius 2 is 2.05 bits per heavy atom. The van der Waals surface area contributed by atoms with Crippen LogP contribution in [0.15, 0.2) is 48.8 Å². The summed E-state index contributed by atoms with van der Waals surface area (Å²) in [5.41, 5.74) is 3.33. The van der Waals surface area contributed by atoms with Gasteiger partial charge in [0.1, 0.15) is 5.75 Å². The van der Waals surface area contributed by atoms with Crippen molar-refractivity contribution >= 4 is 16.9 Å². The third kappa shape index (κ3) is 2.86. The second-order valence-electron chi connectivity index (χ2n) is 4.67. The molecule has 5 nitrogen and oxygen atoms in total. The maximum absolute atomic E-state index is 12.1. The number of imidazole rings is 1. The summed E-state index contributed by atoms with van der Waals surface area (Å²) in [7, 11) is 1.63. The summed E-state index contributed by atoms with van der Waals surface area (Å²) in [6, 6.07) is 13.0. The molecule has 2 N–H and O–H groups in total. The van der Waals surface area contributed by atoms with Crippen molar-refractivity contribution in [2.75, 3.05) is 7.11 Å². The molecule has 0 aliphatic heterocycles. The van der Waals surface area contributed by atoms with E-state index in [2.05, 4.69) is 15.3 Å². The number of ether oxygens (including phenoxy) is 1. The molecule has 1 aromatic heterocycles. The van der Waals surface area contributed by atoms with Crippen LogP contribution >= 0.6 is 0 Å². The monoisotopic (exact) mass is 281 g/mol. The number of fused-ring (bicyclic) bond motifs is 1. The number of aromatic nitrogens is 2. The molecule has 1 heterocycles. The van der Waals surface area contributed by atoms with E-state index >= 15 is 0 Å². The molecule has 0 saturated carbocycles. The lowest BCUT2D eigenvalue weighted by atomic mass is 10.1. The van der Waals surface area contributed by atoms with E-state index in [-0.39, 0.29) is 5.91 Å². The molecule has 0 unspecified atom stereocenters. The van der Waals surface area contributed by atoms with Gasteiger partial charge in [-0.25, -0.2) is 4.98 Å². The SMILES string of the molecule is COc1ccc(CNC(=O)c2ccc3nc[nH]c3c2)cc1. The molecule has 21 heavy (non-hydrogen) atoms. The molecule has 106 valence electrons. The number of hydrogen-bond donors (Lipinski definition) is 2. The number of benzene rings is 2. The first-order valence-corrected chi connectivity index (χ1v) is 6.60. The molecular formula is C16H15N3O2. The summed E-state index contributed by atoms with van der Waals surface area (Å²) >= 11 is 0. The Bertz CT molecular complexity index is 763. The van der Waals surface area contributed by atoms with E-state index < -0.39 is 0 Å². The minimum Gasteiger partial charge on any atom is -0.497 e. The molecule has 0 aliphatic rings. The molecular weight excluding hydrogens is 266 g/mol. The highest BCUT2D eigenvalue weighted by atomic mass is 16.5. The lowest BCUT2D eigenvalue weighted by Gasteiger charge is -2.06. The van der Waals surface area contributed by atoms with Gasteiger partial charge in [0.25, 0.3) is 5.91 Å². The average Bonchev–Trinajstić information content (AvgIpc) is 3.00. The fourth-order valence-corrected chi connectivity index (χ4v) is 2.10. The lowest BCUT2D eigenvalue weighted by molar-refractivity contribution is 0.0951. The van der Waals surface area contributed by atoms with Crippen molar-refractivity contribution in [3.63, 3.8) is 0 Å². The van der Waals surface area contributed by atoms with Gasteiger partial charge in [0.2, 0.25) is 0 Å². The number of carbonyl (C=O) groups is 1. The van der Waals surface area contributed by atoms with E-state index in [1.807, 2.05) is 30.3 Å². The quantitative estimate of drug-likeness (QED) is 0.772. The molecule has 0 atom stereocenters. The van der Waals surface area contributed by atoms with E-state index in [1.54, 1.807) is 25.6 Å². The standard InChI is InChI=1S/C16H15N3O2/c1-21-13-5-2-11(3-6-13)9-17-16(20)12-4-7-14-15(8-12)19-10-18-14/h2-8,10H,9H2,1H3,(H,17,20)(H,18,19). The zero-order chi connectivity index (χ0) is 14.7. The maximum Gasteiger partial charge on any atom is 0.251 e. The Kier molecular flexibility index (Phi) is 3.55. The van der Waals surface area contributed by atoms with E-state index in [0.29, 0.717) is 12.1 Å². The van der Waals surface area contributed by atoms with Crippen molar-refractivity contribution in [1.82, 2.24) is 15.3 Å². The summed E-state index contributed by atoms with van der Waals surface area (Å²) in [5, 5.41) is 2.90. The fraction of sp³-hybridized carbons (Fsp3) is 0.125. The Balaban J connectivity index is 1.67. The Hall–Kier alpha value is -2.82. The third-order valence-electron chi connectivity index (χ3n) is 3.29. The average molecular weight is 281 g/mol. The van der Waals surface area contributed by atoms with Gasteiger partial charge >= 0.3 is 0 Å². The third-order valence-corrected chi connectivity index (χ3v) is 3.29. The summed E-state index contributed by atoms with van der Waals surface area (Å²) in [4.78, 5) is 19.3. The molecule has 2 aromatic carbocycles. The van der Waals surface area contributed by atoms with Crippen molar-refractivity contribution in [3.8, 4) is 5.75 Å². The van der Waals surface area contributed by atoms with Crippen molar-refractivity contribution < 1.29 is 9.53 Å². The molecule has 3 aromatic rings. The molecule has 0 radical (unpaired) electrons. The number of rotatable bonds is 4. The van der Waals surface area contributed by atoms with Crippen molar-refractivity contribution in [2.45, 2.75) is 6.54 Å². The van der Waals surface area contributed by atoms with Crippen LogP contribution in [-0.4, -0.2) is 23.0 Å². The van der Waals surface area contributed by atoms with E-state index in [4.69, 9.17) is 4.74 Å². The molecule has 0 aliphatic carbocycles. The predicted molar refractivity (Wildman–Crippen MR) is 80.3 cm³/mol. The van der Waals surface area contributed by atoms with Crippen LogP contribution < -0.4 is 10.1 Å². The number of aromatic amines is 1. The molecule has 1 amide bonds. The highest BCUT2D eigenvalue weighted by Crippen LogP contribution is 2.13. The van der Waals surface area contributed by atoms with Crippen LogP contribution in [-0.2, 0) is 6.54 Å². The van der Waals surface area contributed by atoms with E-state index in [9.17, 15) is 4.79 Å². The first-order chi connectivity index (χ1) is 10.3. The molecule has 0 bridgehead atoms. The minimum absolute atomic E-state index is 0.109. The van der Waals surface area contributed by atoms with Crippen LogP contribution in [0.25, 0.3) is 11.0 Å². The Labute approximate surface area is 122 Å². The number of hydrogen-bond acceptors (Lipinski definition) is 3. The Morgan fingerprint density at radius 1 is 1.24 bits per heavy atom. The minimum atomic E-state index is -0.109. The van der Waals surface area contributed by atoms with Gasteiger partial charge in [0, 0.05) is 12.1 Å². The normalized spacial score (nSPS) is 10.5. The summed E-state index contributed by atoms with van der Waals surface area (Å²) in [5.74, 6) is 0.692. The van der Waals surface area contributed by atoms with Gasteiger partial charge in [0.15, 0.2) is 0 Å². The predicted octanol–water partition coefficient (Wildman–Crippen LogP) is 2.50. The molecule has 3 rings (SSSR count). The van der Waals surface area contributed by atoms with Crippen LogP contribution in [0.4, 0.5) is 0 Å². The van der Waals surface area contributed by atoms with Gasteiger partial charge in [-0.1, -0.05) is 12.1 Å². The second-order valence-corrected chi connectivity index (χ2v) is 4.67. The van der Waals surface area contributed by atoms with Gasteiger partial charge in [-0.15, -0.1) is 0 Å². The van der Waals surface area contributed by atoms with Crippen molar-refractivity contribution in [1.29, 1.82) is 0 Å². The van der Waals surface area contributed by atoms with E-state index in [1.165, 1.54) is 0 Å². The topological polar surface area (TPSA) is 67.0 Å². The molecule has 5 heteroatoms.